The summed E-state index contributed by atoms with van der Waals surface area (Å²) in [6, 6.07) is 0. The summed E-state index contributed by atoms with van der Waals surface area (Å²) in [6.45, 7) is 37.7. The van der Waals surface area contributed by atoms with E-state index in [1.165, 1.54) is 0 Å². The van der Waals surface area contributed by atoms with Gasteiger partial charge in [0, 0.05) is 38.0 Å². The van der Waals surface area contributed by atoms with E-state index in [-0.39, 0.29) is 46.9 Å². The van der Waals surface area contributed by atoms with E-state index in [1.807, 2.05) is 34.6 Å². The van der Waals surface area contributed by atoms with Gasteiger partial charge in [-0.05, 0) is 71.0 Å². The van der Waals surface area contributed by atoms with Crippen LogP contribution in [0.3, 0.4) is 0 Å². The second-order valence-corrected chi connectivity index (χ2v) is 19.4. The molecule has 0 aromatic heterocycles. The molecule has 0 aliphatic rings. The van der Waals surface area contributed by atoms with Gasteiger partial charge in [-0.25, -0.2) is 0 Å². The van der Waals surface area contributed by atoms with Crippen LogP contribution >= 0.6 is 0 Å². The van der Waals surface area contributed by atoms with Gasteiger partial charge in [-0.1, -0.05) is 118 Å². The summed E-state index contributed by atoms with van der Waals surface area (Å²) in [5.74, 6) is -1.38. The number of rotatable bonds is 21. The fourth-order valence-electron chi connectivity index (χ4n) is 7.35. The Kier molecular flexibility index (Phi) is 20.3. The zero-order chi connectivity index (χ0) is 40.9. The van der Waals surface area contributed by atoms with Crippen molar-refractivity contribution in [2.45, 2.75) is 156 Å². The molecule has 10 heteroatoms. The number of carbonyl (C=O) groups excluding carboxylic acids is 4. The second-order valence-electron chi connectivity index (χ2n) is 19.4. The Morgan fingerprint density at radius 2 is 1.08 bits per heavy atom. The van der Waals surface area contributed by atoms with Crippen molar-refractivity contribution in [2.75, 3.05) is 32.7 Å². The minimum absolute atomic E-state index is 0.0244. The van der Waals surface area contributed by atoms with Crippen LogP contribution in [0.2, 0.25) is 0 Å². The number of carbonyl (C=O) groups is 4. The molecule has 9 N–H and O–H groups in total. The Bertz CT molecular complexity index is 1100. The number of nitrogens with one attached hydrogen (secondary N) is 3. The lowest BCUT2D eigenvalue weighted by Gasteiger charge is -2.57. The second kappa shape index (κ2) is 20.3. The first-order valence-electron chi connectivity index (χ1n) is 19.5. The molecule has 0 radical (unpaired) electrons. The van der Waals surface area contributed by atoms with Gasteiger partial charge in [-0.15, -0.1) is 0 Å². The highest BCUT2D eigenvalue weighted by Gasteiger charge is 2.58. The summed E-state index contributed by atoms with van der Waals surface area (Å²) in [5, 5.41) is 9.13. The average Bonchev–Trinajstić information content (AvgIpc) is 2.99. The van der Waals surface area contributed by atoms with Crippen molar-refractivity contribution in [2.24, 2.45) is 66.9 Å². The maximum atomic E-state index is 14.5. The van der Waals surface area contributed by atoms with E-state index in [9.17, 15) is 19.2 Å². The third kappa shape index (κ3) is 14.6. The van der Waals surface area contributed by atoms with Gasteiger partial charge in [0.15, 0.2) is 0 Å². The van der Waals surface area contributed by atoms with Gasteiger partial charge in [0.1, 0.15) is 0 Å². The molecule has 0 rings (SSSR count). The molecule has 51 heavy (non-hydrogen) atoms. The van der Waals surface area contributed by atoms with E-state index in [2.05, 4.69) is 99.0 Å². The molecule has 302 valence electrons. The number of primary amides is 1. The molecule has 0 bridgehead atoms. The topological polar surface area (TPSA) is 182 Å². The van der Waals surface area contributed by atoms with Gasteiger partial charge in [-0.3, -0.25) is 19.2 Å². The molecule has 0 aromatic carbocycles. The van der Waals surface area contributed by atoms with Crippen molar-refractivity contribution >= 4 is 23.6 Å². The number of hydrogen-bond donors (Lipinski definition) is 6. The molecule has 10 nitrogen and oxygen atoms in total. The number of amides is 4. The third-order valence-corrected chi connectivity index (χ3v) is 12.3. The van der Waals surface area contributed by atoms with Gasteiger partial charge in [0.2, 0.25) is 23.6 Å². The van der Waals surface area contributed by atoms with E-state index < -0.39 is 33.0 Å². The molecule has 0 heterocycles. The molecule has 4 amide bonds. The molecule has 0 spiro atoms. The first-order chi connectivity index (χ1) is 22.9. The molecule has 0 aliphatic carbocycles. The predicted molar refractivity (Wildman–Crippen MR) is 215 cm³/mol. The molecule has 0 saturated heterocycles. The number of unbranched alkanes of at least 4 members (excludes halogenated alkanes) is 2. The van der Waals surface area contributed by atoms with Gasteiger partial charge in [-0.2, -0.15) is 0 Å². The fraction of sp³-hybridized carbons (Fsp3) is 0.902. The van der Waals surface area contributed by atoms with Gasteiger partial charge >= 0.3 is 0 Å². The maximum absolute atomic E-state index is 14.5. The third-order valence-electron chi connectivity index (χ3n) is 12.3. The van der Waals surface area contributed by atoms with E-state index >= 15 is 0 Å². The number of hydrogen-bond acceptors (Lipinski definition) is 6. The first kappa shape index (κ1) is 50.9. The first-order valence-corrected chi connectivity index (χ1v) is 19.5. The summed E-state index contributed by atoms with van der Waals surface area (Å²) in [5.41, 5.74) is 13.8. The highest BCUT2D eigenvalue weighted by Crippen LogP contribution is 2.61. The zero-order valence-corrected chi connectivity index (χ0v) is 36.3. The van der Waals surface area contributed by atoms with Crippen molar-refractivity contribution in [3.05, 3.63) is 0 Å². The van der Waals surface area contributed by atoms with Crippen LogP contribution < -0.4 is 33.2 Å². The van der Waals surface area contributed by atoms with Crippen LogP contribution in [0.15, 0.2) is 0 Å². The SMILES string of the molecule is CC.CC(C)(C)CC(C)(C(=O)NCCN)C(C)(C)C(C)(C)CC(C(=O)NCCCCCNC(=O)CN)C(C)(C)C(C)(C)CC(C(N)=O)C(C)(C)C. The average molecular weight is 725 g/mol. The normalized spacial score (nSPS) is 15.4. The van der Waals surface area contributed by atoms with Crippen LogP contribution in [0, 0.1) is 49.7 Å². The lowest BCUT2D eigenvalue weighted by molar-refractivity contribution is -0.153. The van der Waals surface area contributed by atoms with Crippen molar-refractivity contribution < 1.29 is 19.2 Å². The highest BCUT2D eigenvalue weighted by molar-refractivity contribution is 5.83. The van der Waals surface area contributed by atoms with Crippen molar-refractivity contribution in [3.8, 4) is 0 Å². The van der Waals surface area contributed by atoms with Crippen molar-refractivity contribution in [1.29, 1.82) is 0 Å². The Morgan fingerprint density at radius 3 is 1.49 bits per heavy atom. The Balaban J connectivity index is 0. The molecule has 3 unspecified atom stereocenters. The highest BCUT2D eigenvalue weighted by atomic mass is 16.2. The van der Waals surface area contributed by atoms with Crippen LogP contribution in [0.4, 0.5) is 0 Å². The van der Waals surface area contributed by atoms with Crippen LogP contribution in [-0.2, 0) is 19.2 Å². The summed E-state index contributed by atoms with van der Waals surface area (Å²) >= 11 is 0. The van der Waals surface area contributed by atoms with E-state index in [0.717, 1.165) is 19.3 Å². The zero-order valence-electron chi connectivity index (χ0n) is 36.3. The quantitative estimate of drug-likeness (QED) is 0.0731. The molecule has 0 saturated carbocycles. The van der Waals surface area contributed by atoms with Gasteiger partial charge in [0.05, 0.1) is 12.0 Å². The Morgan fingerprint density at radius 1 is 0.608 bits per heavy atom. The van der Waals surface area contributed by atoms with Crippen molar-refractivity contribution in [1.82, 2.24) is 16.0 Å². The minimum atomic E-state index is -0.771. The van der Waals surface area contributed by atoms with Crippen LogP contribution in [-0.4, -0.2) is 56.4 Å². The predicted octanol–water partition coefficient (Wildman–Crippen LogP) is 6.54. The van der Waals surface area contributed by atoms with E-state index in [4.69, 9.17) is 17.2 Å². The smallest absolute Gasteiger partial charge is 0.233 e. The molecule has 0 aliphatic heterocycles. The van der Waals surface area contributed by atoms with Gasteiger partial charge in [0.25, 0.3) is 0 Å². The largest absolute Gasteiger partial charge is 0.369 e. The monoisotopic (exact) mass is 725 g/mol. The van der Waals surface area contributed by atoms with E-state index in [1.54, 1.807) is 0 Å². The lowest BCUT2D eigenvalue weighted by Crippen LogP contribution is -2.58. The lowest BCUT2D eigenvalue weighted by atomic mass is 9.47. The summed E-state index contributed by atoms with van der Waals surface area (Å²) < 4.78 is 0. The Hall–Kier alpha value is -2.20. The van der Waals surface area contributed by atoms with Crippen LogP contribution in [0.25, 0.3) is 0 Å². The molecule has 3 atom stereocenters. The Labute approximate surface area is 314 Å². The fourth-order valence-corrected chi connectivity index (χ4v) is 7.35. The minimum Gasteiger partial charge on any atom is -0.369 e. The molecular weight excluding hydrogens is 640 g/mol. The van der Waals surface area contributed by atoms with E-state index in [0.29, 0.717) is 45.4 Å². The maximum Gasteiger partial charge on any atom is 0.233 e. The molecule has 0 fully saturated rings. The summed E-state index contributed by atoms with van der Waals surface area (Å²) in [4.78, 5) is 52.7. The van der Waals surface area contributed by atoms with Crippen LogP contribution in [0.1, 0.15) is 156 Å². The molecule has 0 aromatic rings. The molecular formula is C41H84N6O4. The standard InChI is InChI=1S/C39H78N6O4.C2H6/c1-33(2,3)26-39(15,32(49)45-22-19-40)38(13,14)36(9,10)24-28(31(48)44-21-18-16-17-20-43-29(46)25-41)37(11,12)35(7,8)23-27(30(42)47)34(4,5)6;1-2/h27-28H,16-26,40-41H2,1-15H3,(H2,42,47)(H,43,46)(H,44,48)(H,45,49);1-2H3. The van der Waals surface area contributed by atoms with Gasteiger partial charge < -0.3 is 33.2 Å². The summed E-state index contributed by atoms with van der Waals surface area (Å²) in [6.07, 6.45) is 4.12. The number of nitrogens with two attached hydrogens (primary N) is 3. The van der Waals surface area contributed by atoms with Crippen molar-refractivity contribution in [3.63, 3.8) is 0 Å². The summed E-state index contributed by atoms with van der Waals surface area (Å²) in [7, 11) is 0. The van der Waals surface area contributed by atoms with Crippen LogP contribution in [0.5, 0.6) is 0 Å².